The first-order valence-corrected chi connectivity index (χ1v) is 7.34. The number of carbonyl (C=O) groups is 1. The van der Waals surface area contributed by atoms with Crippen LogP contribution < -0.4 is 5.32 Å². The van der Waals surface area contributed by atoms with Gasteiger partial charge in [0.2, 0.25) is 5.91 Å². The van der Waals surface area contributed by atoms with Crippen LogP contribution in [0, 0.1) is 13.8 Å². The van der Waals surface area contributed by atoms with Gasteiger partial charge in [0.1, 0.15) is 0 Å². The molecule has 0 atom stereocenters. The van der Waals surface area contributed by atoms with Gasteiger partial charge in [-0.05, 0) is 43.2 Å². The van der Waals surface area contributed by atoms with Crippen molar-refractivity contribution < 1.29 is 4.79 Å². The van der Waals surface area contributed by atoms with Crippen molar-refractivity contribution in [1.29, 1.82) is 0 Å². The quantitative estimate of drug-likeness (QED) is 0.791. The van der Waals surface area contributed by atoms with Crippen LogP contribution in [-0.2, 0) is 11.2 Å². The van der Waals surface area contributed by atoms with Crippen molar-refractivity contribution in [2.75, 3.05) is 5.32 Å². The van der Waals surface area contributed by atoms with Crippen LogP contribution in [0.4, 0.5) is 5.69 Å². The van der Waals surface area contributed by atoms with Crippen LogP contribution >= 0.6 is 0 Å². The van der Waals surface area contributed by atoms with Crippen LogP contribution in [0.2, 0.25) is 0 Å². The smallest absolute Gasteiger partial charge is 0.228 e. The first kappa shape index (κ1) is 14.3. The minimum absolute atomic E-state index is 0.0117. The number of amides is 1. The van der Waals surface area contributed by atoms with Gasteiger partial charge in [-0.15, -0.1) is 0 Å². The first-order chi connectivity index (χ1) is 10.6. The van der Waals surface area contributed by atoms with Crippen molar-refractivity contribution in [3.63, 3.8) is 0 Å². The Kier molecular flexibility index (Phi) is 3.88. The fourth-order valence-electron chi connectivity index (χ4n) is 2.55. The number of hydrogen-bond donors (Lipinski definition) is 1. The molecular formula is C19H18N2O. The molecule has 110 valence electrons. The predicted molar refractivity (Wildman–Crippen MR) is 90.0 cm³/mol. The first-order valence-electron chi connectivity index (χ1n) is 7.34. The molecule has 0 radical (unpaired) electrons. The second-order valence-electron chi connectivity index (χ2n) is 5.49. The Morgan fingerprint density at radius 3 is 2.55 bits per heavy atom. The van der Waals surface area contributed by atoms with Gasteiger partial charge in [0.15, 0.2) is 0 Å². The molecule has 0 unspecified atom stereocenters. The summed E-state index contributed by atoms with van der Waals surface area (Å²) in [4.78, 5) is 16.8. The molecular weight excluding hydrogens is 272 g/mol. The molecule has 1 N–H and O–H groups in total. The molecule has 1 heterocycles. The van der Waals surface area contributed by atoms with Gasteiger partial charge in [-0.25, -0.2) is 0 Å². The predicted octanol–water partition coefficient (Wildman–Crippen LogP) is 4.03. The van der Waals surface area contributed by atoms with E-state index in [0.717, 1.165) is 33.4 Å². The minimum Gasteiger partial charge on any atom is -0.325 e. The summed E-state index contributed by atoms with van der Waals surface area (Å²) >= 11 is 0. The maximum Gasteiger partial charge on any atom is 0.228 e. The van der Waals surface area contributed by atoms with Crippen molar-refractivity contribution in [2.24, 2.45) is 0 Å². The maximum atomic E-state index is 12.3. The lowest BCUT2D eigenvalue weighted by Gasteiger charge is -2.12. The summed E-state index contributed by atoms with van der Waals surface area (Å²) in [6, 6.07) is 17.7. The number of benzene rings is 2. The van der Waals surface area contributed by atoms with Crippen molar-refractivity contribution in [3.05, 3.63) is 71.4 Å². The van der Waals surface area contributed by atoms with Gasteiger partial charge >= 0.3 is 0 Å². The lowest BCUT2D eigenvalue weighted by Crippen LogP contribution is -2.15. The van der Waals surface area contributed by atoms with Crippen molar-refractivity contribution in [3.8, 4) is 0 Å². The minimum atomic E-state index is -0.0117. The number of aromatic nitrogens is 1. The average Bonchev–Trinajstić information content (AvgIpc) is 2.51. The van der Waals surface area contributed by atoms with Crippen LogP contribution in [0.25, 0.3) is 10.9 Å². The van der Waals surface area contributed by atoms with Gasteiger partial charge in [-0.1, -0.05) is 36.4 Å². The fraction of sp³-hybridized carbons (Fsp3) is 0.158. The number of anilines is 1. The SMILES string of the molecule is Cc1ccc2c(NC(=O)Cc3ccccc3)c(C)ccc2n1. The van der Waals surface area contributed by atoms with Crippen molar-refractivity contribution in [1.82, 2.24) is 4.98 Å². The van der Waals surface area contributed by atoms with E-state index in [1.165, 1.54) is 0 Å². The molecule has 2 aromatic carbocycles. The fourth-order valence-corrected chi connectivity index (χ4v) is 2.55. The summed E-state index contributed by atoms with van der Waals surface area (Å²) in [5, 5.41) is 4.02. The summed E-state index contributed by atoms with van der Waals surface area (Å²) in [5.74, 6) is -0.0117. The molecule has 0 aliphatic heterocycles. The van der Waals surface area contributed by atoms with Crippen LogP contribution in [0.15, 0.2) is 54.6 Å². The van der Waals surface area contributed by atoms with Crippen molar-refractivity contribution >= 4 is 22.5 Å². The Hall–Kier alpha value is -2.68. The van der Waals surface area contributed by atoms with Gasteiger partial charge < -0.3 is 5.32 Å². The number of hydrogen-bond acceptors (Lipinski definition) is 2. The Balaban J connectivity index is 1.90. The van der Waals surface area contributed by atoms with Crippen LogP contribution in [0.3, 0.4) is 0 Å². The molecule has 1 aromatic heterocycles. The van der Waals surface area contributed by atoms with E-state index in [4.69, 9.17) is 0 Å². The normalized spacial score (nSPS) is 10.6. The third-order valence-corrected chi connectivity index (χ3v) is 3.69. The van der Waals surface area contributed by atoms with E-state index in [-0.39, 0.29) is 5.91 Å². The number of carbonyl (C=O) groups excluding carboxylic acids is 1. The highest BCUT2D eigenvalue weighted by atomic mass is 16.1. The van der Waals surface area contributed by atoms with E-state index in [9.17, 15) is 4.79 Å². The maximum absolute atomic E-state index is 12.3. The lowest BCUT2D eigenvalue weighted by molar-refractivity contribution is -0.115. The Morgan fingerprint density at radius 1 is 1.00 bits per heavy atom. The van der Waals surface area contributed by atoms with E-state index in [0.29, 0.717) is 6.42 Å². The number of nitrogens with zero attached hydrogens (tertiary/aromatic N) is 1. The molecule has 3 aromatic rings. The highest BCUT2D eigenvalue weighted by Crippen LogP contribution is 2.26. The zero-order valence-corrected chi connectivity index (χ0v) is 12.8. The Labute approximate surface area is 130 Å². The Bertz CT molecular complexity index is 825. The summed E-state index contributed by atoms with van der Waals surface area (Å²) in [6.45, 7) is 3.96. The number of aryl methyl sites for hydroxylation is 2. The van der Waals surface area contributed by atoms with Crippen LogP contribution in [-0.4, -0.2) is 10.9 Å². The van der Waals surface area contributed by atoms with Crippen LogP contribution in [0.1, 0.15) is 16.8 Å². The van der Waals surface area contributed by atoms with E-state index in [1.54, 1.807) is 0 Å². The third-order valence-electron chi connectivity index (χ3n) is 3.69. The second kappa shape index (κ2) is 5.98. The number of rotatable bonds is 3. The van der Waals surface area contributed by atoms with Gasteiger partial charge in [0.05, 0.1) is 17.6 Å². The molecule has 0 saturated carbocycles. The molecule has 3 heteroatoms. The topological polar surface area (TPSA) is 42.0 Å². The molecule has 0 spiro atoms. The van der Waals surface area contributed by atoms with Gasteiger partial charge in [0.25, 0.3) is 0 Å². The molecule has 0 saturated heterocycles. The van der Waals surface area contributed by atoms with Gasteiger partial charge in [-0.2, -0.15) is 0 Å². The molecule has 0 bridgehead atoms. The summed E-state index contributed by atoms with van der Waals surface area (Å²) in [7, 11) is 0. The van der Waals surface area contributed by atoms with E-state index >= 15 is 0 Å². The molecule has 0 aliphatic carbocycles. The Morgan fingerprint density at radius 2 is 1.77 bits per heavy atom. The van der Waals surface area contributed by atoms with E-state index in [1.807, 2.05) is 68.4 Å². The highest BCUT2D eigenvalue weighted by Gasteiger charge is 2.10. The molecule has 1 amide bonds. The lowest BCUT2D eigenvalue weighted by atomic mass is 10.1. The average molecular weight is 290 g/mol. The highest BCUT2D eigenvalue weighted by molar-refractivity contribution is 6.02. The molecule has 0 fully saturated rings. The molecule has 3 rings (SSSR count). The monoisotopic (exact) mass is 290 g/mol. The van der Waals surface area contributed by atoms with Gasteiger partial charge in [-0.3, -0.25) is 9.78 Å². The summed E-state index contributed by atoms with van der Waals surface area (Å²) in [5.41, 5.74) is 4.77. The standard InChI is InChI=1S/C19H18N2O/c1-13-8-11-17-16(10-9-14(2)20-17)19(13)21-18(22)12-15-6-4-3-5-7-15/h3-11H,12H2,1-2H3,(H,21,22). The molecule has 22 heavy (non-hydrogen) atoms. The summed E-state index contributed by atoms with van der Waals surface area (Å²) in [6.07, 6.45) is 0.371. The third kappa shape index (κ3) is 2.98. The zero-order chi connectivity index (χ0) is 15.5. The van der Waals surface area contributed by atoms with Crippen LogP contribution in [0.5, 0.6) is 0 Å². The number of pyridine rings is 1. The molecule has 3 nitrogen and oxygen atoms in total. The van der Waals surface area contributed by atoms with E-state index in [2.05, 4.69) is 10.3 Å². The van der Waals surface area contributed by atoms with E-state index < -0.39 is 0 Å². The largest absolute Gasteiger partial charge is 0.325 e. The summed E-state index contributed by atoms with van der Waals surface area (Å²) < 4.78 is 0. The second-order valence-corrected chi connectivity index (χ2v) is 5.49. The molecule has 0 aliphatic rings. The number of fused-ring (bicyclic) bond motifs is 1. The van der Waals surface area contributed by atoms with Gasteiger partial charge in [0, 0.05) is 11.1 Å². The number of nitrogens with one attached hydrogen (secondary N) is 1. The zero-order valence-electron chi connectivity index (χ0n) is 12.8. The van der Waals surface area contributed by atoms with Crippen molar-refractivity contribution in [2.45, 2.75) is 20.3 Å².